The van der Waals surface area contributed by atoms with Gasteiger partial charge in [0.05, 0.1) is 12.8 Å². The molecule has 0 radical (unpaired) electrons. The van der Waals surface area contributed by atoms with Crippen molar-refractivity contribution in [2.75, 3.05) is 6.61 Å². The quantitative estimate of drug-likeness (QED) is 0.881. The average molecular weight is 262 g/mol. The summed E-state index contributed by atoms with van der Waals surface area (Å²) in [4.78, 5) is 4.27. The Morgan fingerprint density at radius 2 is 2.05 bits per heavy atom. The van der Waals surface area contributed by atoms with Crippen LogP contribution in [-0.4, -0.2) is 11.6 Å². The number of nitrogens with zero attached hydrogens (tertiary/aromatic N) is 1. The second-order valence-corrected chi connectivity index (χ2v) is 5.73. The SMILES string of the molecule is CCCC1CCC(N)(c2cncc(OCC)c2)CC1. The maximum atomic E-state index is 6.61. The molecule has 1 fully saturated rings. The molecule has 2 rings (SSSR count). The molecular weight excluding hydrogens is 236 g/mol. The Morgan fingerprint density at radius 3 is 2.68 bits per heavy atom. The Bertz CT molecular complexity index is 397. The van der Waals surface area contributed by atoms with Gasteiger partial charge in [-0.05, 0) is 50.2 Å². The van der Waals surface area contributed by atoms with E-state index in [9.17, 15) is 0 Å². The molecule has 0 spiro atoms. The van der Waals surface area contributed by atoms with Gasteiger partial charge in [-0.25, -0.2) is 0 Å². The Labute approximate surface area is 116 Å². The number of rotatable bonds is 5. The lowest BCUT2D eigenvalue weighted by Crippen LogP contribution is -2.40. The molecule has 2 N–H and O–H groups in total. The second-order valence-electron chi connectivity index (χ2n) is 5.73. The summed E-state index contributed by atoms with van der Waals surface area (Å²) in [5, 5.41) is 0. The molecule has 3 nitrogen and oxygen atoms in total. The molecule has 1 aliphatic rings. The predicted octanol–water partition coefficient (Wildman–Crippen LogP) is 3.62. The van der Waals surface area contributed by atoms with Crippen molar-refractivity contribution in [2.24, 2.45) is 11.7 Å². The summed E-state index contributed by atoms with van der Waals surface area (Å²) in [5.74, 6) is 1.70. The number of hydrogen-bond donors (Lipinski definition) is 1. The van der Waals surface area contributed by atoms with Crippen LogP contribution in [0.25, 0.3) is 0 Å². The number of pyridine rings is 1. The standard InChI is InChI=1S/C16H26N2O/c1-3-5-13-6-8-16(17,9-7-13)14-10-15(19-4-2)12-18-11-14/h10-13H,3-9,17H2,1-2H3. The monoisotopic (exact) mass is 262 g/mol. The van der Waals surface area contributed by atoms with E-state index < -0.39 is 0 Å². The topological polar surface area (TPSA) is 48.1 Å². The van der Waals surface area contributed by atoms with E-state index in [-0.39, 0.29) is 5.54 Å². The zero-order valence-electron chi connectivity index (χ0n) is 12.2. The van der Waals surface area contributed by atoms with Crippen LogP contribution in [0.15, 0.2) is 18.5 Å². The predicted molar refractivity (Wildman–Crippen MR) is 78.1 cm³/mol. The molecule has 3 heteroatoms. The zero-order valence-corrected chi connectivity index (χ0v) is 12.2. The van der Waals surface area contributed by atoms with E-state index in [1.165, 1.54) is 25.7 Å². The van der Waals surface area contributed by atoms with Gasteiger partial charge in [0, 0.05) is 11.7 Å². The van der Waals surface area contributed by atoms with E-state index >= 15 is 0 Å². The largest absolute Gasteiger partial charge is 0.492 e. The van der Waals surface area contributed by atoms with Crippen LogP contribution >= 0.6 is 0 Å². The summed E-state index contributed by atoms with van der Waals surface area (Å²) in [6, 6.07) is 2.07. The molecule has 1 heterocycles. The fraction of sp³-hybridized carbons (Fsp3) is 0.688. The normalized spacial score (nSPS) is 27.2. The molecule has 0 amide bonds. The van der Waals surface area contributed by atoms with Gasteiger partial charge in [0.1, 0.15) is 5.75 Å². The minimum absolute atomic E-state index is 0.204. The molecule has 0 atom stereocenters. The highest BCUT2D eigenvalue weighted by atomic mass is 16.5. The number of nitrogens with two attached hydrogens (primary N) is 1. The number of hydrogen-bond acceptors (Lipinski definition) is 3. The lowest BCUT2D eigenvalue weighted by atomic mass is 9.73. The molecule has 106 valence electrons. The molecule has 1 saturated carbocycles. The van der Waals surface area contributed by atoms with E-state index in [1.807, 2.05) is 13.1 Å². The summed E-state index contributed by atoms with van der Waals surface area (Å²) in [5.41, 5.74) is 7.54. The van der Waals surface area contributed by atoms with Crippen molar-refractivity contribution in [3.63, 3.8) is 0 Å². The fourth-order valence-corrected chi connectivity index (χ4v) is 3.12. The first-order chi connectivity index (χ1) is 9.18. The van der Waals surface area contributed by atoms with Gasteiger partial charge in [-0.3, -0.25) is 4.98 Å². The third-order valence-electron chi connectivity index (χ3n) is 4.29. The van der Waals surface area contributed by atoms with Gasteiger partial charge in [0.25, 0.3) is 0 Å². The minimum atomic E-state index is -0.204. The molecule has 0 bridgehead atoms. The van der Waals surface area contributed by atoms with Crippen LogP contribution in [0.5, 0.6) is 5.75 Å². The average Bonchev–Trinajstić information content (AvgIpc) is 2.43. The van der Waals surface area contributed by atoms with Gasteiger partial charge in [0.2, 0.25) is 0 Å². The lowest BCUT2D eigenvalue weighted by molar-refractivity contribution is 0.225. The number of ether oxygens (including phenoxy) is 1. The van der Waals surface area contributed by atoms with Gasteiger partial charge in [-0.2, -0.15) is 0 Å². The summed E-state index contributed by atoms with van der Waals surface area (Å²) < 4.78 is 5.52. The molecule has 19 heavy (non-hydrogen) atoms. The highest BCUT2D eigenvalue weighted by molar-refractivity contribution is 5.29. The summed E-state index contributed by atoms with van der Waals surface area (Å²) in [6.07, 6.45) is 10.9. The molecule has 1 aliphatic carbocycles. The van der Waals surface area contributed by atoms with Crippen molar-refractivity contribution in [3.05, 3.63) is 24.0 Å². The first kappa shape index (κ1) is 14.3. The van der Waals surface area contributed by atoms with Crippen LogP contribution in [0.3, 0.4) is 0 Å². The van der Waals surface area contributed by atoms with Crippen molar-refractivity contribution in [2.45, 2.75) is 57.9 Å². The van der Waals surface area contributed by atoms with Crippen molar-refractivity contribution in [1.82, 2.24) is 4.98 Å². The molecule has 0 unspecified atom stereocenters. The van der Waals surface area contributed by atoms with E-state index in [0.29, 0.717) is 6.61 Å². The summed E-state index contributed by atoms with van der Waals surface area (Å²) in [6.45, 7) is 4.92. The first-order valence-corrected chi connectivity index (χ1v) is 7.55. The first-order valence-electron chi connectivity index (χ1n) is 7.55. The minimum Gasteiger partial charge on any atom is -0.492 e. The van der Waals surface area contributed by atoms with E-state index in [0.717, 1.165) is 30.1 Å². The van der Waals surface area contributed by atoms with Gasteiger partial charge < -0.3 is 10.5 Å². The highest BCUT2D eigenvalue weighted by Gasteiger charge is 2.33. The Balaban J connectivity index is 2.06. The molecular formula is C16H26N2O. The van der Waals surface area contributed by atoms with E-state index in [1.54, 1.807) is 6.20 Å². The molecule has 0 aliphatic heterocycles. The van der Waals surface area contributed by atoms with E-state index in [2.05, 4.69) is 18.0 Å². The zero-order chi connectivity index (χ0) is 13.7. The van der Waals surface area contributed by atoms with Crippen LogP contribution in [0.4, 0.5) is 0 Å². The highest BCUT2D eigenvalue weighted by Crippen LogP contribution is 2.39. The maximum Gasteiger partial charge on any atom is 0.137 e. The Hall–Kier alpha value is -1.09. The molecule has 1 aromatic heterocycles. The third-order valence-corrected chi connectivity index (χ3v) is 4.29. The molecule has 0 aromatic carbocycles. The second kappa shape index (κ2) is 6.38. The van der Waals surface area contributed by atoms with Crippen LogP contribution in [0.1, 0.15) is 57.9 Å². The van der Waals surface area contributed by atoms with Crippen LogP contribution in [0, 0.1) is 5.92 Å². The Morgan fingerprint density at radius 1 is 1.32 bits per heavy atom. The van der Waals surface area contributed by atoms with Crippen molar-refractivity contribution in [1.29, 1.82) is 0 Å². The number of aromatic nitrogens is 1. The Kier molecular flexibility index (Phi) is 4.81. The fourth-order valence-electron chi connectivity index (χ4n) is 3.12. The van der Waals surface area contributed by atoms with Gasteiger partial charge in [-0.1, -0.05) is 19.8 Å². The van der Waals surface area contributed by atoms with Gasteiger partial charge >= 0.3 is 0 Å². The molecule has 1 aromatic rings. The smallest absolute Gasteiger partial charge is 0.137 e. The molecule has 0 saturated heterocycles. The summed E-state index contributed by atoms with van der Waals surface area (Å²) in [7, 11) is 0. The van der Waals surface area contributed by atoms with Crippen molar-refractivity contribution < 1.29 is 4.74 Å². The van der Waals surface area contributed by atoms with E-state index in [4.69, 9.17) is 10.5 Å². The van der Waals surface area contributed by atoms with Crippen LogP contribution in [-0.2, 0) is 5.54 Å². The van der Waals surface area contributed by atoms with Crippen molar-refractivity contribution in [3.8, 4) is 5.75 Å². The van der Waals surface area contributed by atoms with Crippen molar-refractivity contribution >= 4 is 0 Å². The maximum absolute atomic E-state index is 6.61. The lowest BCUT2D eigenvalue weighted by Gasteiger charge is -2.37. The van der Waals surface area contributed by atoms with Gasteiger partial charge in [-0.15, -0.1) is 0 Å². The van der Waals surface area contributed by atoms with Crippen LogP contribution in [0.2, 0.25) is 0 Å². The van der Waals surface area contributed by atoms with Gasteiger partial charge in [0.15, 0.2) is 0 Å². The van der Waals surface area contributed by atoms with Crippen LogP contribution < -0.4 is 10.5 Å². The third kappa shape index (κ3) is 3.47. The summed E-state index contributed by atoms with van der Waals surface area (Å²) >= 11 is 0.